The van der Waals surface area contributed by atoms with Crippen LogP contribution in [0, 0.1) is 0 Å². The van der Waals surface area contributed by atoms with Crippen molar-refractivity contribution in [2.75, 3.05) is 14.2 Å². The number of rotatable bonds is 6. The molecular weight excluding hydrogens is 264 g/mol. The minimum absolute atomic E-state index is 0.0139. The predicted molar refractivity (Wildman–Crippen MR) is 69.7 cm³/mol. The molecule has 0 aliphatic heterocycles. The van der Waals surface area contributed by atoms with E-state index in [0.29, 0.717) is 24.2 Å². The number of carboxylic acids is 2. The fraction of sp³-hybridized carbons (Fsp3) is 0.429. The number of benzene rings is 1. The lowest BCUT2D eigenvalue weighted by molar-refractivity contribution is -0.137. The topological polar surface area (TPSA) is 93.1 Å². The molecule has 20 heavy (non-hydrogen) atoms. The summed E-state index contributed by atoms with van der Waals surface area (Å²) in [5, 5.41) is 18.2. The van der Waals surface area contributed by atoms with Crippen LogP contribution in [0.25, 0.3) is 0 Å². The van der Waals surface area contributed by atoms with Crippen LogP contribution in [-0.2, 0) is 10.2 Å². The molecule has 2 rings (SSSR count). The van der Waals surface area contributed by atoms with Crippen molar-refractivity contribution in [2.45, 2.75) is 24.7 Å². The van der Waals surface area contributed by atoms with Crippen molar-refractivity contribution in [1.29, 1.82) is 0 Å². The highest BCUT2D eigenvalue weighted by molar-refractivity contribution is 5.92. The average Bonchev–Trinajstić information content (AvgIpc) is 3.16. The van der Waals surface area contributed by atoms with E-state index in [4.69, 9.17) is 14.6 Å². The van der Waals surface area contributed by atoms with Gasteiger partial charge in [0.15, 0.2) is 0 Å². The Kier molecular flexibility index (Phi) is 3.57. The predicted octanol–water partition coefficient (Wildman–Crippen LogP) is 1.91. The second-order valence-electron chi connectivity index (χ2n) is 4.91. The Morgan fingerprint density at radius 3 is 2.15 bits per heavy atom. The first-order valence-electron chi connectivity index (χ1n) is 6.15. The molecule has 0 saturated heterocycles. The summed E-state index contributed by atoms with van der Waals surface area (Å²) in [6, 6.07) is 2.97. The van der Waals surface area contributed by atoms with Crippen LogP contribution in [0.15, 0.2) is 12.1 Å². The van der Waals surface area contributed by atoms with Gasteiger partial charge in [0, 0.05) is 17.0 Å². The van der Waals surface area contributed by atoms with Gasteiger partial charge in [-0.3, -0.25) is 4.79 Å². The van der Waals surface area contributed by atoms with E-state index in [1.165, 1.54) is 26.4 Å². The lowest BCUT2D eigenvalue weighted by Crippen LogP contribution is -2.15. The maximum atomic E-state index is 11.3. The maximum absolute atomic E-state index is 11.3. The summed E-state index contributed by atoms with van der Waals surface area (Å²) in [7, 11) is 2.85. The highest BCUT2D eigenvalue weighted by Crippen LogP contribution is 2.54. The number of ether oxygens (including phenoxy) is 2. The highest BCUT2D eigenvalue weighted by Gasteiger charge is 2.48. The number of carbonyl (C=O) groups is 2. The highest BCUT2D eigenvalue weighted by atomic mass is 16.5. The van der Waals surface area contributed by atoms with E-state index in [9.17, 15) is 14.7 Å². The van der Waals surface area contributed by atoms with E-state index in [1.807, 2.05) is 0 Å². The van der Waals surface area contributed by atoms with Gasteiger partial charge in [0.1, 0.15) is 17.1 Å². The lowest BCUT2D eigenvalue weighted by atomic mass is 9.90. The maximum Gasteiger partial charge on any atom is 0.339 e. The van der Waals surface area contributed by atoms with Crippen molar-refractivity contribution in [2.24, 2.45) is 0 Å². The third-order valence-corrected chi connectivity index (χ3v) is 3.67. The molecule has 1 saturated carbocycles. The van der Waals surface area contributed by atoms with Gasteiger partial charge >= 0.3 is 11.9 Å². The molecule has 0 unspecified atom stereocenters. The normalized spacial score (nSPS) is 15.5. The third kappa shape index (κ3) is 2.41. The number of aromatic carboxylic acids is 1. The fourth-order valence-corrected chi connectivity index (χ4v) is 2.46. The van der Waals surface area contributed by atoms with Gasteiger partial charge in [-0.05, 0) is 18.9 Å². The number of hydrogen-bond donors (Lipinski definition) is 2. The molecule has 6 nitrogen and oxygen atoms in total. The number of carboxylic acid groups (broad SMARTS) is 2. The molecule has 0 radical (unpaired) electrons. The summed E-state index contributed by atoms with van der Waals surface area (Å²) in [6.45, 7) is 0. The molecule has 1 aromatic rings. The van der Waals surface area contributed by atoms with Gasteiger partial charge in [-0.25, -0.2) is 4.79 Å². The summed E-state index contributed by atoms with van der Waals surface area (Å²) in [4.78, 5) is 22.3. The molecule has 1 aliphatic carbocycles. The zero-order valence-corrected chi connectivity index (χ0v) is 11.3. The van der Waals surface area contributed by atoms with Crippen LogP contribution in [0.5, 0.6) is 11.5 Å². The van der Waals surface area contributed by atoms with Gasteiger partial charge in [-0.2, -0.15) is 0 Å². The Hall–Kier alpha value is -2.24. The zero-order chi connectivity index (χ0) is 14.9. The molecule has 2 N–H and O–H groups in total. The van der Waals surface area contributed by atoms with Crippen molar-refractivity contribution in [3.63, 3.8) is 0 Å². The Balaban J connectivity index is 2.54. The van der Waals surface area contributed by atoms with Gasteiger partial charge in [-0.15, -0.1) is 0 Å². The van der Waals surface area contributed by atoms with Crippen molar-refractivity contribution in [3.05, 3.63) is 23.3 Å². The average molecular weight is 280 g/mol. The lowest BCUT2D eigenvalue weighted by Gasteiger charge is -2.19. The molecule has 6 heteroatoms. The zero-order valence-electron chi connectivity index (χ0n) is 11.3. The van der Waals surface area contributed by atoms with Crippen molar-refractivity contribution < 1.29 is 29.3 Å². The number of methoxy groups -OCH3 is 2. The van der Waals surface area contributed by atoms with Gasteiger partial charge in [-0.1, -0.05) is 0 Å². The molecule has 0 atom stereocenters. The van der Waals surface area contributed by atoms with Crippen molar-refractivity contribution >= 4 is 11.9 Å². The Labute approximate surface area is 115 Å². The fourth-order valence-electron chi connectivity index (χ4n) is 2.46. The quantitative estimate of drug-likeness (QED) is 0.826. The van der Waals surface area contributed by atoms with Gasteiger partial charge < -0.3 is 19.7 Å². The third-order valence-electron chi connectivity index (χ3n) is 3.67. The molecule has 1 aromatic carbocycles. The SMILES string of the molecule is COc1cc(OC)c(C2(CC(=O)O)CC2)cc1C(=O)O. The van der Waals surface area contributed by atoms with Crippen LogP contribution in [0.1, 0.15) is 35.2 Å². The second kappa shape index (κ2) is 5.03. The van der Waals surface area contributed by atoms with Crippen LogP contribution in [0.4, 0.5) is 0 Å². The van der Waals surface area contributed by atoms with Gasteiger partial charge in [0.2, 0.25) is 0 Å². The molecule has 0 aromatic heterocycles. The van der Waals surface area contributed by atoms with Crippen LogP contribution >= 0.6 is 0 Å². The summed E-state index contributed by atoms with van der Waals surface area (Å²) in [6.07, 6.45) is 1.39. The summed E-state index contributed by atoms with van der Waals surface area (Å²) >= 11 is 0. The summed E-state index contributed by atoms with van der Waals surface area (Å²) in [5.74, 6) is -1.36. The standard InChI is InChI=1S/C14H16O6/c1-19-10-6-11(20-2)9(5-8(10)13(17)18)14(3-4-14)7-12(15)16/h5-6H,3-4,7H2,1-2H3,(H,15,16)(H,17,18). The molecule has 108 valence electrons. The Morgan fingerprint density at radius 2 is 1.75 bits per heavy atom. The molecule has 1 aliphatic rings. The Bertz CT molecular complexity index is 559. The molecule has 0 bridgehead atoms. The summed E-state index contributed by atoms with van der Waals surface area (Å²) < 4.78 is 10.3. The molecule has 0 heterocycles. The molecule has 0 amide bonds. The van der Waals surface area contributed by atoms with Gasteiger partial charge in [0.05, 0.1) is 20.6 Å². The molecule has 0 spiro atoms. The minimum Gasteiger partial charge on any atom is -0.496 e. The van der Waals surface area contributed by atoms with E-state index in [1.54, 1.807) is 0 Å². The van der Waals surface area contributed by atoms with Crippen molar-refractivity contribution in [3.8, 4) is 11.5 Å². The van der Waals surface area contributed by atoms with E-state index in [2.05, 4.69) is 0 Å². The molecule has 1 fully saturated rings. The number of aliphatic carboxylic acids is 1. The van der Waals surface area contributed by atoms with Crippen molar-refractivity contribution in [1.82, 2.24) is 0 Å². The van der Waals surface area contributed by atoms with E-state index < -0.39 is 17.4 Å². The van der Waals surface area contributed by atoms with Crippen LogP contribution in [-0.4, -0.2) is 36.4 Å². The number of hydrogen-bond acceptors (Lipinski definition) is 4. The smallest absolute Gasteiger partial charge is 0.339 e. The minimum atomic E-state index is -1.11. The van der Waals surface area contributed by atoms with E-state index >= 15 is 0 Å². The first-order chi connectivity index (χ1) is 9.43. The first-order valence-corrected chi connectivity index (χ1v) is 6.15. The van der Waals surface area contributed by atoms with Crippen LogP contribution in [0.2, 0.25) is 0 Å². The van der Waals surface area contributed by atoms with E-state index in [0.717, 1.165) is 0 Å². The summed E-state index contributed by atoms with van der Waals surface area (Å²) in [5.41, 5.74) is 0.119. The monoisotopic (exact) mass is 280 g/mol. The van der Waals surface area contributed by atoms with E-state index in [-0.39, 0.29) is 17.7 Å². The van der Waals surface area contributed by atoms with Crippen LogP contribution in [0.3, 0.4) is 0 Å². The first kappa shape index (κ1) is 14.2. The van der Waals surface area contributed by atoms with Crippen LogP contribution < -0.4 is 9.47 Å². The second-order valence-corrected chi connectivity index (χ2v) is 4.91. The molecular formula is C14H16O6. The van der Waals surface area contributed by atoms with Gasteiger partial charge in [0.25, 0.3) is 0 Å². The Morgan fingerprint density at radius 1 is 1.15 bits per heavy atom. The largest absolute Gasteiger partial charge is 0.496 e.